The van der Waals surface area contributed by atoms with Gasteiger partial charge in [0, 0.05) is 0 Å². The van der Waals surface area contributed by atoms with E-state index in [2.05, 4.69) is 61.5 Å². The molecule has 0 atom stereocenters. The van der Waals surface area contributed by atoms with Gasteiger partial charge in [-0.3, -0.25) is 0 Å². The van der Waals surface area contributed by atoms with Crippen molar-refractivity contribution in [2.75, 3.05) is 19.8 Å². The predicted molar refractivity (Wildman–Crippen MR) is 197 cm³/mol. The van der Waals surface area contributed by atoms with Crippen molar-refractivity contribution in [2.45, 2.75) is 110 Å². The third-order valence-corrected chi connectivity index (χ3v) is 8.83. The van der Waals surface area contributed by atoms with Gasteiger partial charge < -0.3 is 14.2 Å². The summed E-state index contributed by atoms with van der Waals surface area (Å²) in [4.78, 5) is 0. The zero-order chi connectivity index (χ0) is 32.8. The molecule has 47 heavy (non-hydrogen) atoms. The Kier molecular flexibility index (Phi) is 16.6. The second kappa shape index (κ2) is 21.8. The normalized spacial score (nSPS) is 11.0. The lowest BCUT2D eigenvalue weighted by Crippen LogP contribution is -1.98. The van der Waals surface area contributed by atoms with Gasteiger partial charge in [-0.1, -0.05) is 127 Å². The quantitative estimate of drug-likeness (QED) is 0.0720. The van der Waals surface area contributed by atoms with E-state index in [1.165, 1.54) is 94.2 Å². The van der Waals surface area contributed by atoms with Gasteiger partial charge in [-0.05, 0) is 89.7 Å². The molecule has 4 heteroatoms. The molecule has 4 nitrogen and oxygen atoms in total. The van der Waals surface area contributed by atoms with Gasteiger partial charge in [-0.15, -0.1) is 0 Å². The Labute approximate surface area is 284 Å². The van der Waals surface area contributed by atoms with Crippen LogP contribution in [0.3, 0.4) is 0 Å². The summed E-state index contributed by atoms with van der Waals surface area (Å²) in [6, 6.07) is 30.8. The van der Waals surface area contributed by atoms with Gasteiger partial charge >= 0.3 is 0 Å². The highest BCUT2D eigenvalue weighted by Crippen LogP contribution is 2.26. The Morgan fingerprint density at radius 3 is 1.21 bits per heavy atom. The maximum absolute atomic E-state index is 8.96. The van der Waals surface area contributed by atoms with Gasteiger partial charge in [0.25, 0.3) is 0 Å². The fourth-order valence-electron chi connectivity index (χ4n) is 5.93. The van der Waals surface area contributed by atoms with Crippen LogP contribution in [0.15, 0.2) is 84.9 Å². The molecule has 0 radical (unpaired) electrons. The van der Waals surface area contributed by atoms with Crippen LogP contribution >= 0.6 is 0 Å². The minimum absolute atomic E-state index is 0.683. The van der Waals surface area contributed by atoms with Crippen LogP contribution in [0, 0.1) is 11.3 Å². The third kappa shape index (κ3) is 13.7. The molecule has 4 rings (SSSR count). The molecule has 0 unspecified atom stereocenters. The van der Waals surface area contributed by atoms with Crippen molar-refractivity contribution in [2.24, 2.45) is 0 Å². The Bertz CT molecular complexity index is 1460. The van der Waals surface area contributed by atoms with Gasteiger partial charge in [0.2, 0.25) is 0 Å². The van der Waals surface area contributed by atoms with Gasteiger partial charge in [-0.2, -0.15) is 5.26 Å². The first-order chi connectivity index (χ1) is 23.2. The zero-order valence-electron chi connectivity index (χ0n) is 28.7. The Balaban J connectivity index is 0.951. The lowest BCUT2D eigenvalue weighted by molar-refractivity contribution is 0.303. The highest BCUT2D eigenvalue weighted by Gasteiger charge is 2.03. The molecule has 4 aromatic carbocycles. The maximum Gasteiger partial charge on any atom is 0.119 e. The first-order valence-corrected chi connectivity index (χ1v) is 18.3. The molecule has 0 fully saturated rings. The Morgan fingerprint density at radius 1 is 0.426 bits per heavy atom. The average molecular weight is 634 g/mol. The number of fused-ring (bicyclic) bond motifs is 1. The number of ether oxygens (including phenoxy) is 3. The van der Waals surface area contributed by atoms with E-state index < -0.39 is 0 Å². The second-order valence-corrected chi connectivity index (χ2v) is 12.7. The Morgan fingerprint density at radius 2 is 0.787 bits per heavy atom. The molecule has 0 aliphatic carbocycles. The van der Waals surface area contributed by atoms with Crippen molar-refractivity contribution in [3.05, 3.63) is 90.5 Å². The molecule has 0 bridgehead atoms. The number of nitrogens with zero attached hydrogens (tertiary/aromatic N) is 1. The number of unbranched alkanes of at least 4 members (excludes halogenated alkanes) is 14. The molecule has 0 saturated heterocycles. The van der Waals surface area contributed by atoms with Crippen molar-refractivity contribution in [1.82, 2.24) is 0 Å². The smallest absolute Gasteiger partial charge is 0.119 e. The van der Waals surface area contributed by atoms with E-state index in [0.29, 0.717) is 5.56 Å². The minimum atomic E-state index is 0.683. The summed E-state index contributed by atoms with van der Waals surface area (Å²) >= 11 is 0. The monoisotopic (exact) mass is 633 g/mol. The minimum Gasteiger partial charge on any atom is -0.494 e. The number of hydrogen-bond acceptors (Lipinski definition) is 4. The van der Waals surface area contributed by atoms with Crippen LogP contribution in [-0.2, 0) is 0 Å². The molecule has 0 heterocycles. The van der Waals surface area contributed by atoms with Crippen molar-refractivity contribution in [1.29, 1.82) is 5.26 Å². The summed E-state index contributed by atoms with van der Waals surface area (Å²) in [6.07, 6.45) is 20.2. The van der Waals surface area contributed by atoms with E-state index in [4.69, 9.17) is 19.5 Å². The van der Waals surface area contributed by atoms with E-state index in [9.17, 15) is 0 Å². The maximum atomic E-state index is 8.96. The van der Waals surface area contributed by atoms with Crippen LogP contribution in [0.2, 0.25) is 0 Å². The van der Waals surface area contributed by atoms with E-state index in [0.717, 1.165) is 67.5 Å². The van der Waals surface area contributed by atoms with E-state index >= 15 is 0 Å². The summed E-state index contributed by atoms with van der Waals surface area (Å²) in [5, 5.41) is 11.4. The number of benzene rings is 4. The van der Waals surface area contributed by atoms with Crippen molar-refractivity contribution >= 4 is 10.8 Å². The van der Waals surface area contributed by atoms with Gasteiger partial charge in [-0.25, -0.2) is 0 Å². The lowest BCUT2D eigenvalue weighted by atomic mass is 10.0. The topological polar surface area (TPSA) is 51.5 Å². The van der Waals surface area contributed by atoms with Crippen LogP contribution in [-0.4, -0.2) is 19.8 Å². The largest absolute Gasteiger partial charge is 0.494 e. The SMILES string of the molecule is CCCCCCCCOc1ccc2cc(OCCCCCCCCCCCCOc3ccc(-c4ccc(C#N)cc4)cc3)ccc2c1. The molecule has 0 saturated carbocycles. The van der Waals surface area contributed by atoms with Gasteiger partial charge in [0.15, 0.2) is 0 Å². The molecule has 4 aromatic rings. The van der Waals surface area contributed by atoms with E-state index in [-0.39, 0.29) is 0 Å². The molecule has 250 valence electrons. The molecular weight excluding hydrogens is 578 g/mol. The summed E-state index contributed by atoms with van der Waals surface area (Å²) in [6.45, 7) is 4.62. The highest BCUT2D eigenvalue weighted by molar-refractivity contribution is 5.85. The fraction of sp³-hybridized carbons (Fsp3) is 0.465. The zero-order valence-corrected chi connectivity index (χ0v) is 28.7. The Hall–Kier alpha value is -3.97. The average Bonchev–Trinajstić information content (AvgIpc) is 3.11. The molecule has 0 aromatic heterocycles. The fourth-order valence-corrected chi connectivity index (χ4v) is 5.93. The molecule has 0 aliphatic rings. The first-order valence-electron chi connectivity index (χ1n) is 18.3. The van der Waals surface area contributed by atoms with Crippen LogP contribution < -0.4 is 14.2 Å². The van der Waals surface area contributed by atoms with E-state index in [1.54, 1.807) is 0 Å². The molecule has 0 aliphatic heterocycles. The van der Waals surface area contributed by atoms with Crippen LogP contribution in [0.5, 0.6) is 17.2 Å². The number of nitriles is 1. The molecular formula is C43H55NO3. The standard InChI is InChI=1S/C43H55NO3/c1-2-3-4-5-12-16-31-46-42-28-24-40-34-43(29-25-39(40)33-42)47-32-17-14-11-9-7-6-8-10-13-15-30-45-41-26-22-38(23-27-41)37-20-18-36(35-44)19-21-37/h18-29,33-34H,2-17,30-32H2,1H3. The van der Waals surface area contributed by atoms with E-state index in [1.807, 2.05) is 36.4 Å². The van der Waals surface area contributed by atoms with Gasteiger partial charge in [0.1, 0.15) is 17.2 Å². The summed E-state index contributed by atoms with van der Waals surface area (Å²) < 4.78 is 18.0. The molecule has 0 N–H and O–H groups in total. The van der Waals surface area contributed by atoms with Crippen LogP contribution in [0.25, 0.3) is 21.9 Å². The highest BCUT2D eigenvalue weighted by atomic mass is 16.5. The van der Waals surface area contributed by atoms with Crippen molar-refractivity contribution < 1.29 is 14.2 Å². The predicted octanol–water partition coefficient (Wildman–Crippen LogP) is 12.5. The summed E-state index contributed by atoms with van der Waals surface area (Å²) in [7, 11) is 0. The molecule has 0 spiro atoms. The molecule has 0 amide bonds. The summed E-state index contributed by atoms with van der Waals surface area (Å²) in [5.41, 5.74) is 2.93. The third-order valence-electron chi connectivity index (χ3n) is 8.83. The lowest BCUT2D eigenvalue weighted by Gasteiger charge is -2.10. The first kappa shape index (κ1) is 35.9. The van der Waals surface area contributed by atoms with Crippen LogP contribution in [0.1, 0.15) is 115 Å². The van der Waals surface area contributed by atoms with Crippen molar-refractivity contribution in [3.8, 4) is 34.4 Å². The second-order valence-electron chi connectivity index (χ2n) is 12.7. The van der Waals surface area contributed by atoms with Gasteiger partial charge in [0.05, 0.1) is 31.5 Å². The summed E-state index contributed by atoms with van der Waals surface area (Å²) in [5.74, 6) is 2.84. The number of hydrogen-bond donors (Lipinski definition) is 0. The number of rotatable bonds is 24. The van der Waals surface area contributed by atoms with Crippen LogP contribution in [0.4, 0.5) is 0 Å². The van der Waals surface area contributed by atoms with Crippen molar-refractivity contribution in [3.63, 3.8) is 0 Å².